The van der Waals surface area contributed by atoms with Crippen molar-refractivity contribution < 1.29 is 14.3 Å². The highest BCUT2D eigenvalue weighted by Gasteiger charge is 2.33. The van der Waals surface area contributed by atoms with Crippen LogP contribution in [-0.4, -0.2) is 43.9 Å². The monoisotopic (exact) mass is 300 g/mol. The molecule has 0 aromatic heterocycles. The largest absolute Gasteiger partial charge is 0.783 e. The second-order valence-electron chi connectivity index (χ2n) is 5.34. The predicted molar refractivity (Wildman–Crippen MR) is 83.4 cm³/mol. The standard InChI is InChI=1S/C17H18NO4/c1-21-11-15(16(19)17-18(20)9-10-22-17)14-8-4-6-12-5-2-3-7-13(12)14/h2-8,15,17H,9-11H2,1H3/q-1/t15?,17-/m0/s1. The Kier molecular flexibility index (Phi) is 4.49. The molecule has 1 aliphatic heterocycles. The van der Waals surface area contributed by atoms with E-state index in [0.29, 0.717) is 5.06 Å². The number of nitrogens with zero attached hydrogens (tertiary/aromatic N) is 1. The number of rotatable bonds is 5. The van der Waals surface area contributed by atoms with Crippen LogP contribution in [0.25, 0.3) is 10.8 Å². The lowest BCUT2D eigenvalue weighted by atomic mass is 9.90. The second-order valence-corrected chi connectivity index (χ2v) is 5.34. The first-order valence-corrected chi connectivity index (χ1v) is 7.28. The summed E-state index contributed by atoms with van der Waals surface area (Å²) in [6, 6.07) is 13.7. The molecule has 0 aliphatic carbocycles. The Labute approximate surface area is 129 Å². The van der Waals surface area contributed by atoms with Crippen LogP contribution in [0, 0.1) is 5.21 Å². The zero-order valence-electron chi connectivity index (χ0n) is 12.4. The molecule has 0 N–H and O–H groups in total. The zero-order valence-corrected chi connectivity index (χ0v) is 12.4. The van der Waals surface area contributed by atoms with Gasteiger partial charge in [0.05, 0.1) is 19.1 Å². The molecular weight excluding hydrogens is 282 g/mol. The van der Waals surface area contributed by atoms with Gasteiger partial charge in [0.1, 0.15) is 0 Å². The number of carbonyl (C=O) groups excluding carboxylic acids is 1. The van der Waals surface area contributed by atoms with Crippen molar-refractivity contribution in [3.8, 4) is 0 Å². The van der Waals surface area contributed by atoms with Crippen molar-refractivity contribution >= 4 is 16.6 Å². The van der Waals surface area contributed by atoms with Gasteiger partial charge in [0, 0.05) is 13.7 Å². The van der Waals surface area contributed by atoms with E-state index in [2.05, 4.69) is 0 Å². The fraction of sp³-hybridized carbons (Fsp3) is 0.353. The molecule has 0 saturated carbocycles. The molecular formula is C17H18NO4-. The van der Waals surface area contributed by atoms with Crippen LogP contribution in [0.4, 0.5) is 0 Å². The van der Waals surface area contributed by atoms with E-state index in [4.69, 9.17) is 9.47 Å². The second kappa shape index (κ2) is 6.54. The highest BCUT2D eigenvalue weighted by Crippen LogP contribution is 2.29. The quantitative estimate of drug-likeness (QED) is 0.848. The zero-order chi connectivity index (χ0) is 15.5. The number of benzene rings is 2. The van der Waals surface area contributed by atoms with E-state index >= 15 is 0 Å². The van der Waals surface area contributed by atoms with E-state index in [1.54, 1.807) is 7.11 Å². The van der Waals surface area contributed by atoms with Crippen molar-refractivity contribution in [2.45, 2.75) is 12.1 Å². The van der Waals surface area contributed by atoms with E-state index in [0.717, 1.165) is 16.3 Å². The number of fused-ring (bicyclic) bond motifs is 1. The first-order valence-electron chi connectivity index (χ1n) is 7.28. The van der Waals surface area contributed by atoms with Crippen LogP contribution in [0.2, 0.25) is 0 Å². The molecule has 0 spiro atoms. The molecule has 22 heavy (non-hydrogen) atoms. The third-order valence-electron chi connectivity index (χ3n) is 3.97. The summed E-state index contributed by atoms with van der Waals surface area (Å²) in [6.07, 6.45) is -1.03. The number of hydroxylamine groups is 2. The molecule has 1 heterocycles. The van der Waals surface area contributed by atoms with Gasteiger partial charge in [-0.25, -0.2) is 0 Å². The molecule has 2 atom stereocenters. The van der Waals surface area contributed by atoms with Crippen LogP contribution < -0.4 is 0 Å². The summed E-state index contributed by atoms with van der Waals surface area (Å²) >= 11 is 0. The van der Waals surface area contributed by atoms with Crippen molar-refractivity contribution in [2.24, 2.45) is 0 Å². The molecule has 2 aromatic carbocycles. The van der Waals surface area contributed by atoms with Crippen LogP contribution in [-0.2, 0) is 14.3 Å². The Bertz CT molecular complexity index is 667. The molecule has 0 radical (unpaired) electrons. The highest BCUT2D eigenvalue weighted by molar-refractivity contribution is 5.95. The minimum Gasteiger partial charge on any atom is -0.783 e. The third kappa shape index (κ3) is 2.76. The SMILES string of the molecule is COCC(C(=O)[C@@H]1OCCN1[O-])c1cccc2ccccc12. The molecule has 0 bridgehead atoms. The molecule has 5 heteroatoms. The molecule has 116 valence electrons. The Balaban J connectivity index is 2.01. The molecule has 5 nitrogen and oxygen atoms in total. The number of hydrogen-bond donors (Lipinski definition) is 0. The Morgan fingerprint density at radius 1 is 1.36 bits per heavy atom. The average Bonchev–Trinajstić information content (AvgIpc) is 2.98. The van der Waals surface area contributed by atoms with Crippen LogP contribution in [0.15, 0.2) is 42.5 Å². The summed E-state index contributed by atoms with van der Waals surface area (Å²) in [7, 11) is 1.55. The Morgan fingerprint density at radius 2 is 2.14 bits per heavy atom. The van der Waals surface area contributed by atoms with E-state index in [1.807, 2.05) is 42.5 Å². The van der Waals surface area contributed by atoms with Crippen LogP contribution in [0.1, 0.15) is 11.5 Å². The van der Waals surface area contributed by atoms with Gasteiger partial charge in [-0.1, -0.05) is 42.5 Å². The van der Waals surface area contributed by atoms with Gasteiger partial charge in [-0.05, 0) is 16.3 Å². The van der Waals surface area contributed by atoms with E-state index in [1.165, 1.54) is 0 Å². The molecule has 1 saturated heterocycles. The maximum absolute atomic E-state index is 12.7. The number of hydrogen-bond acceptors (Lipinski definition) is 5. The fourth-order valence-electron chi connectivity index (χ4n) is 2.90. The summed E-state index contributed by atoms with van der Waals surface area (Å²) in [5, 5.41) is 14.5. The normalized spacial score (nSPS) is 20.4. The first kappa shape index (κ1) is 15.1. The van der Waals surface area contributed by atoms with Crippen LogP contribution >= 0.6 is 0 Å². The van der Waals surface area contributed by atoms with Gasteiger partial charge < -0.3 is 19.7 Å². The first-order chi connectivity index (χ1) is 10.7. The summed E-state index contributed by atoms with van der Waals surface area (Å²) < 4.78 is 10.5. The molecule has 0 amide bonds. The summed E-state index contributed by atoms with van der Waals surface area (Å²) in [5.41, 5.74) is 0.869. The molecule has 1 aliphatic rings. The topological polar surface area (TPSA) is 61.8 Å². The van der Waals surface area contributed by atoms with E-state index < -0.39 is 12.1 Å². The summed E-state index contributed by atoms with van der Waals surface area (Å²) in [6.45, 7) is 0.737. The van der Waals surface area contributed by atoms with Crippen molar-refractivity contribution in [3.05, 3.63) is 53.2 Å². The Hall–Kier alpha value is -1.79. The Morgan fingerprint density at radius 3 is 2.86 bits per heavy atom. The minimum atomic E-state index is -1.03. The molecule has 2 aromatic rings. The van der Waals surface area contributed by atoms with E-state index in [-0.39, 0.29) is 25.5 Å². The maximum Gasteiger partial charge on any atom is 0.185 e. The maximum atomic E-state index is 12.7. The van der Waals surface area contributed by atoms with E-state index in [9.17, 15) is 10.0 Å². The van der Waals surface area contributed by atoms with Gasteiger partial charge in [0.15, 0.2) is 12.0 Å². The minimum absolute atomic E-state index is 0.223. The number of carbonyl (C=O) groups is 1. The van der Waals surface area contributed by atoms with Gasteiger partial charge in [0.2, 0.25) is 0 Å². The van der Waals surface area contributed by atoms with Gasteiger partial charge >= 0.3 is 0 Å². The highest BCUT2D eigenvalue weighted by atomic mass is 16.6. The predicted octanol–water partition coefficient (Wildman–Crippen LogP) is 2.29. The number of ether oxygens (including phenoxy) is 2. The number of methoxy groups -OCH3 is 1. The van der Waals surface area contributed by atoms with Crippen molar-refractivity contribution in [1.82, 2.24) is 5.06 Å². The molecule has 3 rings (SSSR count). The lowest BCUT2D eigenvalue weighted by molar-refractivity contribution is -0.135. The number of Topliss-reactive ketones (excluding diaryl/α,β-unsaturated/α-hetero) is 1. The summed E-state index contributed by atoms with van der Waals surface area (Å²) in [4.78, 5) is 12.7. The van der Waals surface area contributed by atoms with Gasteiger partial charge in [-0.3, -0.25) is 4.79 Å². The van der Waals surface area contributed by atoms with Gasteiger partial charge in [-0.2, -0.15) is 0 Å². The smallest absolute Gasteiger partial charge is 0.185 e. The van der Waals surface area contributed by atoms with Crippen LogP contribution in [0.3, 0.4) is 0 Å². The van der Waals surface area contributed by atoms with Gasteiger partial charge in [-0.15, -0.1) is 0 Å². The molecule has 1 fully saturated rings. The number of ketones is 1. The summed E-state index contributed by atoms with van der Waals surface area (Å²) in [5.74, 6) is -0.763. The van der Waals surface area contributed by atoms with Crippen molar-refractivity contribution in [2.75, 3.05) is 26.9 Å². The third-order valence-corrected chi connectivity index (χ3v) is 3.97. The molecule has 1 unspecified atom stereocenters. The lowest BCUT2D eigenvalue weighted by Crippen LogP contribution is -2.37. The fourth-order valence-corrected chi connectivity index (χ4v) is 2.90. The lowest BCUT2D eigenvalue weighted by Gasteiger charge is -2.30. The van der Waals surface area contributed by atoms with Crippen molar-refractivity contribution in [1.29, 1.82) is 0 Å². The van der Waals surface area contributed by atoms with Crippen LogP contribution in [0.5, 0.6) is 0 Å². The van der Waals surface area contributed by atoms with Crippen molar-refractivity contribution in [3.63, 3.8) is 0 Å². The average molecular weight is 300 g/mol. The van der Waals surface area contributed by atoms with Gasteiger partial charge in [0.25, 0.3) is 0 Å².